The van der Waals surface area contributed by atoms with E-state index in [1.165, 1.54) is 0 Å². The second-order valence-corrected chi connectivity index (χ2v) is 4.57. The van der Waals surface area contributed by atoms with Crippen molar-refractivity contribution in [2.24, 2.45) is 0 Å². The highest BCUT2D eigenvalue weighted by atomic mass is 19.1. The quantitative estimate of drug-likeness (QED) is 0.867. The van der Waals surface area contributed by atoms with Gasteiger partial charge in [0.2, 0.25) is 0 Å². The van der Waals surface area contributed by atoms with Crippen LogP contribution < -0.4 is 0 Å². The molecule has 0 fully saturated rings. The molecular formula is C16H17FO. The lowest BCUT2D eigenvalue weighted by Gasteiger charge is -2.07. The van der Waals surface area contributed by atoms with Gasteiger partial charge in [0, 0.05) is 5.56 Å². The van der Waals surface area contributed by atoms with Gasteiger partial charge >= 0.3 is 0 Å². The average molecular weight is 244 g/mol. The number of aliphatic hydroxyl groups excluding tert-OH is 1. The highest BCUT2D eigenvalue weighted by molar-refractivity contribution is 5.64. The van der Waals surface area contributed by atoms with Crippen molar-refractivity contribution in [3.05, 3.63) is 59.9 Å². The zero-order chi connectivity index (χ0) is 13.0. The van der Waals surface area contributed by atoms with Crippen LogP contribution in [0.2, 0.25) is 0 Å². The van der Waals surface area contributed by atoms with Crippen molar-refractivity contribution in [2.45, 2.75) is 25.9 Å². The van der Waals surface area contributed by atoms with Gasteiger partial charge in [-0.3, -0.25) is 0 Å². The second-order valence-electron chi connectivity index (χ2n) is 4.57. The molecule has 0 aliphatic carbocycles. The third-order valence-corrected chi connectivity index (χ3v) is 2.97. The Labute approximate surface area is 107 Å². The SMILES string of the molecule is CC(O)CCc1ccc(-c2ccccc2)c(F)c1. The van der Waals surface area contributed by atoms with E-state index in [0.717, 1.165) is 11.1 Å². The molecule has 94 valence electrons. The van der Waals surface area contributed by atoms with E-state index >= 15 is 0 Å². The topological polar surface area (TPSA) is 20.2 Å². The molecule has 2 rings (SSSR count). The summed E-state index contributed by atoms with van der Waals surface area (Å²) in [5, 5.41) is 9.22. The van der Waals surface area contributed by atoms with E-state index in [2.05, 4.69) is 0 Å². The first-order valence-corrected chi connectivity index (χ1v) is 6.19. The molecule has 1 N–H and O–H groups in total. The summed E-state index contributed by atoms with van der Waals surface area (Å²) in [6.45, 7) is 1.74. The van der Waals surface area contributed by atoms with Crippen molar-refractivity contribution in [3.8, 4) is 11.1 Å². The molecule has 0 amide bonds. The highest BCUT2D eigenvalue weighted by Crippen LogP contribution is 2.23. The van der Waals surface area contributed by atoms with E-state index < -0.39 is 0 Å². The van der Waals surface area contributed by atoms with Crippen molar-refractivity contribution in [2.75, 3.05) is 0 Å². The van der Waals surface area contributed by atoms with Crippen LogP contribution in [0.3, 0.4) is 0 Å². The highest BCUT2D eigenvalue weighted by Gasteiger charge is 2.06. The van der Waals surface area contributed by atoms with Crippen molar-refractivity contribution in [1.29, 1.82) is 0 Å². The van der Waals surface area contributed by atoms with Crippen LogP contribution in [-0.4, -0.2) is 11.2 Å². The minimum atomic E-state index is -0.345. The van der Waals surface area contributed by atoms with Gasteiger partial charge in [0.25, 0.3) is 0 Å². The largest absolute Gasteiger partial charge is 0.393 e. The molecule has 0 spiro atoms. The van der Waals surface area contributed by atoms with E-state index in [4.69, 9.17) is 0 Å². The molecule has 1 nitrogen and oxygen atoms in total. The minimum absolute atomic E-state index is 0.204. The smallest absolute Gasteiger partial charge is 0.131 e. The zero-order valence-electron chi connectivity index (χ0n) is 10.4. The lowest BCUT2D eigenvalue weighted by molar-refractivity contribution is 0.185. The Morgan fingerprint density at radius 1 is 1.11 bits per heavy atom. The first kappa shape index (κ1) is 12.8. The molecule has 0 aliphatic rings. The number of aliphatic hydroxyl groups is 1. The normalized spacial score (nSPS) is 12.4. The molecule has 0 aliphatic heterocycles. The average Bonchev–Trinajstić information content (AvgIpc) is 2.37. The van der Waals surface area contributed by atoms with E-state index in [1.54, 1.807) is 13.0 Å². The van der Waals surface area contributed by atoms with Gasteiger partial charge in [0.1, 0.15) is 5.82 Å². The van der Waals surface area contributed by atoms with Crippen LogP contribution in [0.25, 0.3) is 11.1 Å². The standard InChI is InChI=1S/C16H17FO/c1-12(18)7-8-13-9-10-15(16(17)11-13)14-5-3-2-4-6-14/h2-6,9-12,18H,7-8H2,1H3. The van der Waals surface area contributed by atoms with Crippen LogP contribution in [0, 0.1) is 5.82 Å². The van der Waals surface area contributed by atoms with E-state index in [1.807, 2.05) is 42.5 Å². The summed E-state index contributed by atoms with van der Waals surface area (Å²) >= 11 is 0. The van der Waals surface area contributed by atoms with Gasteiger partial charge in [-0.15, -0.1) is 0 Å². The molecule has 2 heteroatoms. The molecule has 1 unspecified atom stereocenters. The summed E-state index contributed by atoms with van der Waals surface area (Å²) in [5.74, 6) is -0.204. The Bertz CT molecular complexity index is 506. The lowest BCUT2D eigenvalue weighted by atomic mass is 10.0. The third kappa shape index (κ3) is 3.17. The van der Waals surface area contributed by atoms with Gasteiger partial charge in [0.15, 0.2) is 0 Å². The fourth-order valence-corrected chi connectivity index (χ4v) is 1.94. The van der Waals surface area contributed by atoms with E-state index in [-0.39, 0.29) is 11.9 Å². The zero-order valence-corrected chi connectivity index (χ0v) is 10.4. The summed E-state index contributed by atoms with van der Waals surface area (Å²) in [5.41, 5.74) is 2.43. The van der Waals surface area contributed by atoms with Crippen LogP contribution in [0.4, 0.5) is 4.39 Å². The lowest BCUT2D eigenvalue weighted by Crippen LogP contribution is -2.01. The van der Waals surface area contributed by atoms with Crippen LogP contribution in [0.15, 0.2) is 48.5 Å². The maximum atomic E-state index is 14.0. The Balaban J connectivity index is 2.20. The molecule has 2 aromatic rings. The van der Waals surface area contributed by atoms with Crippen molar-refractivity contribution in [1.82, 2.24) is 0 Å². The van der Waals surface area contributed by atoms with Gasteiger partial charge in [-0.2, -0.15) is 0 Å². The predicted octanol–water partition coefficient (Wildman–Crippen LogP) is 3.81. The van der Waals surface area contributed by atoms with Gasteiger partial charge in [-0.05, 0) is 37.0 Å². The monoisotopic (exact) mass is 244 g/mol. The van der Waals surface area contributed by atoms with Crippen LogP contribution in [0.5, 0.6) is 0 Å². The summed E-state index contributed by atoms with van der Waals surface area (Å²) in [7, 11) is 0. The number of rotatable bonds is 4. The molecule has 0 saturated heterocycles. The Morgan fingerprint density at radius 2 is 1.83 bits per heavy atom. The summed E-state index contributed by atoms with van der Waals surface area (Å²) in [4.78, 5) is 0. The van der Waals surface area contributed by atoms with Gasteiger partial charge in [-0.1, -0.05) is 42.5 Å². The number of hydrogen-bond acceptors (Lipinski definition) is 1. The van der Waals surface area contributed by atoms with Gasteiger partial charge < -0.3 is 5.11 Å². The second kappa shape index (κ2) is 5.78. The first-order valence-electron chi connectivity index (χ1n) is 6.19. The van der Waals surface area contributed by atoms with Crippen molar-refractivity contribution >= 4 is 0 Å². The maximum Gasteiger partial charge on any atom is 0.131 e. The molecule has 0 aromatic heterocycles. The van der Waals surface area contributed by atoms with Crippen LogP contribution in [0.1, 0.15) is 18.9 Å². The molecule has 0 heterocycles. The summed E-state index contributed by atoms with van der Waals surface area (Å²) in [6, 6.07) is 14.8. The molecule has 18 heavy (non-hydrogen) atoms. The number of benzene rings is 2. The fourth-order valence-electron chi connectivity index (χ4n) is 1.94. The summed E-state index contributed by atoms with van der Waals surface area (Å²) in [6.07, 6.45) is 1.01. The molecule has 1 atom stereocenters. The van der Waals surface area contributed by atoms with Crippen molar-refractivity contribution < 1.29 is 9.50 Å². The molecule has 0 radical (unpaired) electrons. The third-order valence-electron chi connectivity index (χ3n) is 2.97. The Kier molecular flexibility index (Phi) is 4.11. The Hall–Kier alpha value is -1.67. The predicted molar refractivity (Wildman–Crippen MR) is 71.8 cm³/mol. The van der Waals surface area contributed by atoms with Gasteiger partial charge in [0.05, 0.1) is 6.10 Å². The summed E-state index contributed by atoms with van der Waals surface area (Å²) < 4.78 is 14.0. The van der Waals surface area contributed by atoms with E-state index in [0.29, 0.717) is 18.4 Å². The molecular weight excluding hydrogens is 227 g/mol. The Morgan fingerprint density at radius 3 is 2.44 bits per heavy atom. The first-order chi connectivity index (χ1) is 8.66. The number of aryl methyl sites for hydroxylation is 1. The molecule has 0 bridgehead atoms. The fraction of sp³-hybridized carbons (Fsp3) is 0.250. The molecule has 2 aromatic carbocycles. The van der Waals surface area contributed by atoms with Gasteiger partial charge in [-0.25, -0.2) is 4.39 Å². The van der Waals surface area contributed by atoms with E-state index in [9.17, 15) is 9.50 Å². The van der Waals surface area contributed by atoms with Crippen LogP contribution in [-0.2, 0) is 6.42 Å². The number of halogens is 1. The molecule has 0 saturated carbocycles. The minimum Gasteiger partial charge on any atom is -0.393 e. The number of hydrogen-bond donors (Lipinski definition) is 1. The van der Waals surface area contributed by atoms with Crippen LogP contribution >= 0.6 is 0 Å². The maximum absolute atomic E-state index is 14.0. The van der Waals surface area contributed by atoms with Crippen molar-refractivity contribution in [3.63, 3.8) is 0 Å².